The zero-order valence-electron chi connectivity index (χ0n) is 19.6. The highest BCUT2D eigenvalue weighted by atomic mass is 16.5. The van der Waals surface area contributed by atoms with E-state index in [1.807, 2.05) is 41.1 Å². The highest BCUT2D eigenvalue weighted by molar-refractivity contribution is 5.68. The fourth-order valence-electron chi connectivity index (χ4n) is 4.63. The first-order valence-corrected chi connectivity index (χ1v) is 11.2. The molecule has 0 bridgehead atoms. The summed E-state index contributed by atoms with van der Waals surface area (Å²) in [4.78, 5) is 0. The summed E-state index contributed by atoms with van der Waals surface area (Å²) in [7, 11) is 3.31. The van der Waals surface area contributed by atoms with Crippen molar-refractivity contribution < 1.29 is 9.47 Å². The number of nitrogens with zero attached hydrogens (tertiary/aromatic N) is 2. The summed E-state index contributed by atoms with van der Waals surface area (Å²) in [6.07, 6.45) is 9.22. The fourth-order valence-corrected chi connectivity index (χ4v) is 4.63. The van der Waals surface area contributed by atoms with Crippen LogP contribution in [0.3, 0.4) is 0 Å². The zero-order valence-corrected chi connectivity index (χ0v) is 19.6. The monoisotopic (exact) mass is 428 g/mol. The van der Waals surface area contributed by atoms with E-state index in [4.69, 9.17) is 14.6 Å². The largest absolute Gasteiger partial charge is 0.493 e. The van der Waals surface area contributed by atoms with E-state index in [9.17, 15) is 0 Å². The molecule has 4 rings (SSSR count). The van der Waals surface area contributed by atoms with Gasteiger partial charge in [0.1, 0.15) is 0 Å². The van der Waals surface area contributed by atoms with Crippen LogP contribution in [0.25, 0.3) is 23.0 Å². The van der Waals surface area contributed by atoms with E-state index in [1.165, 1.54) is 12.0 Å². The summed E-state index contributed by atoms with van der Waals surface area (Å²) in [5.74, 6) is 1.83. The van der Waals surface area contributed by atoms with Crippen LogP contribution in [0, 0.1) is 11.3 Å². The van der Waals surface area contributed by atoms with Gasteiger partial charge in [-0.25, -0.2) is 4.68 Å². The standard InChI is InChI=1S/C28H32N2O2/c1-20-10-9-17-28(2,3)24(20)15-14-22-19-25(30(29-22)23-11-7-6-8-12-23)21-13-16-26(31-4)27(18-21)32-5/h6-8,10-16,18-19,24H,9,17H2,1-5H3/b15-14+. The predicted molar refractivity (Wildman–Crippen MR) is 131 cm³/mol. The molecule has 166 valence electrons. The quantitative estimate of drug-likeness (QED) is 0.399. The van der Waals surface area contributed by atoms with E-state index in [0.717, 1.165) is 29.1 Å². The van der Waals surface area contributed by atoms with Crippen molar-refractivity contribution in [3.05, 3.63) is 78.0 Å². The Bertz CT molecular complexity index is 1140. The normalized spacial score (nSPS) is 17.9. The lowest BCUT2D eigenvalue weighted by Crippen LogP contribution is -2.26. The second-order valence-electron chi connectivity index (χ2n) is 9.08. The number of aromatic nitrogens is 2. The summed E-state index contributed by atoms with van der Waals surface area (Å²) in [5, 5.41) is 4.95. The van der Waals surface area contributed by atoms with Crippen molar-refractivity contribution in [2.24, 2.45) is 11.3 Å². The number of benzene rings is 2. The highest BCUT2D eigenvalue weighted by Crippen LogP contribution is 2.42. The van der Waals surface area contributed by atoms with Gasteiger partial charge in [-0.05, 0) is 67.7 Å². The Balaban J connectivity index is 1.77. The van der Waals surface area contributed by atoms with Crippen LogP contribution in [0.1, 0.15) is 39.3 Å². The number of allylic oxidation sites excluding steroid dienone is 3. The minimum atomic E-state index is 0.253. The second kappa shape index (κ2) is 9.07. The third-order valence-corrected chi connectivity index (χ3v) is 6.46. The van der Waals surface area contributed by atoms with Crippen molar-refractivity contribution in [3.8, 4) is 28.4 Å². The van der Waals surface area contributed by atoms with Gasteiger partial charge in [0.2, 0.25) is 0 Å². The van der Waals surface area contributed by atoms with Crippen LogP contribution in [0.15, 0.2) is 72.3 Å². The second-order valence-corrected chi connectivity index (χ2v) is 9.08. The lowest BCUT2D eigenvalue weighted by atomic mass is 9.68. The van der Waals surface area contributed by atoms with Gasteiger partial charge in [0.15, 0.2) is 11.5 Å². The van der Waals surface area contributed by atoms with Crippen molar-refractivity contribution >= 4 is 6.08 Å². The van der Waals surface area contributed by atoms with Gasteiger partial charge < -0.3 is 9.47 Å². The molecule has 1 atom stereocenters. The lowest BCUT2D eigenvalue weighted by molar-refractivity contribution is 0.256. The van der Waals surface area contributed by atoms with E-state index < -0.39 is 0 Å². The average molecular weight is 429 g/mol. The molecule has 0 fully saturated rings. The van der Waals surface area contributed by atoms with Crippen LogP contribution >= 0.6 is 0 Å². The van der Waals surface area contributed by atoms with Gasteiger partial charge in [-0.3, -0.25) is 0 Å². The average Bonchev–Trinajstić information content (AvgIpc) is 3.22. The van der Waals surface area contributed by atoms with Gasteiger partial charge in [-0.15, -0.1) is 0 Å². The Morgan fingerprint density at radius 1 is 1.00 bits per heavy atom. The molecule has 4 nitrogen and oxygen atoms in total. The number of para-hydroxylation sites is 1. The number of methoxy groups -OCH3 is 2. The van der Waals surface area contributed by atoms with Crippen LogP contribution in [0.5, 0.6) is 11.5 Å². The number of rotatable bonds is 6. The van der Waals surface area contributed by atoms with E-state index in [1.54, 1.807) is 14.2 Å². The SMILES string of the molecule is COc1ccc(-c2cc(/C=C/C3C(C)=CCCC3(C)C)nn2-c2ccccc2)cc1OC. The Labute approximate surface area is 191 Å². The minimum Gasteiger partial charge on any atom is -0.493 e. The first-order chi connectivity index (χ1) is 15.4. The molecule has 4 heteroatoms. The summed E-state index contributed by atoms with van der Waals surface area (Å²) in [6.45, 7) is 6.96. The summed E-state index contributed by atoms with van der Waals surface area (Å²) in [5.41, 5.74) is 5.68. The maximum Gasteiger partial charge on any atom is 0.161 e. The first-order valence-electron chi connectivity index (χ1n) is 11.2. The van der Waals surface area contributed by atoms with Crippen molar-refractivity contribution in [1.29, 1.82) is 0 Å². The van der Waals surface area contributed by atoms with Crippen molar-refractivity contribution in [2.75, 3.05) is 14.2 Å². The molecule has 1 heterocycles. The van der Waals surface area contributed by atoms with Gasteiger partial charge in [0.25, 0.3) is 0 Å². The summed E-state index contributed by atoms with van der Waals surface area (Å²) < 4.78 is 13.0. The van der Waals surface area contributed by atoms with Gasteiger partial charge in [-0.2, -0.15) is 5.10 Å². The molecule has 0 amide bonds. The summed E-state index contributed by atoms with van der Waals surface area (Å²) in [6, 6.07) is 18.3. The number of hydrogen-bond donors (Lipinski definition) is 0. The molecule has 1 aromatic heterocycles. The fraction of sp³-hybridized carbons (Fsp3) is 0.321. The Morgan fingerprint density at radius 3 is 2.44 bits per heavy atom. The van der Waals surface area contributed by atoms with Crippen molar-refractivity contribution in [1.82, 2.24) is 9.78 Å². The summed E-state index contributed by atoms with van der Waals surface area (Å²) >= 11 is 0. The maximum atomic E-state index is 5.54. The van der Waals surface area contributed by atoms with Gasteiger partial charge in [0.05, 0.1) is 31.3 Å². The molecule has 3 aromatic rings. The molecule has 32 heavy (non-hydrogen) atoms. The smallest absolute Gasteiger partial charge is 0.161 e. The Morgan fingerprint density at radius 2 is 1.75 bits per heavy atom. The van der Waals surface area contributed by atoms with E-state index in [2.05, 4.69) is 57.2 Å². The van der Waals surface area contributed by atoms with Crippen LogP contribution in [0.4, 0.5) is 0 Å². The topological polar surface area (TPSA) is 36.3 Å². The molecule has 0 N–H and O–H groups in total. The number of ether oxygens (including phenoxy) is 2. The predicted octanol–water partition coefficient (Wildman–Crippen LogP) is 6.95. The molecule has 1 aliphatic carbocycles. The molecular formula is C28H32N2O2. The third-order valence-electron chi connectivity index (χ3n) is 6.46. The number of hydrogen-bond acceptors (Lipinski definition) is 3. The molecule has 0 saturated heterocycles. The zero-order chi connectivity index (χ0) is 22.7. The van der Waals surface area contributed by atoms with Crippen molar-refractivity contribution in [3.63, 3.8) is 0 Å². The van der Waals surface area contributed by atoms with Crippen LogP contribution in [-0.4, -0.2) is 24.0 Å². The van der Waals surface area contributed by atoms with Crippen LogP contribution in [0.2, 0.25) is 0 Å². The minimum absolute atomic E-state index is 0.253. The van der Waals surface area contributed by atoms with Gasteiger partial charge >= 0.3 is 0 Å². The molecule has 1 unspecified atom stereocenters. The highest BCUT2D eigenvalue weighted by Gasteiger charge is 2.30. The molecule has 0 spiro atoms. The molecule has 0 aliphatic heterocycles. The molecule has 2 aromatic carbocycles. The molecular weight excluding hydrogens is 396 g/mol. The van der Waals surface area contributed by atoms with E-state index >= 15 is 0 Å². The molecule has 0 radical (unpaired) electrons. The Hall–Kier alpha value is -3.27. The van der Waals surface area contributed by atoms with Crippen molar-refractivity contribution in [2.45, 2.75) is 33.6 Å². The van der Waals surface area contributed by atoms with Crippen LogP contribution < -0.4 is 9.47 Å². The Kier molecular flexibility index (Phi) is 6.22. The third kappa shape index (κ3) is 4.36. The molecule has 0 saturated carbocycles. The lowest BCUT2D eigenvalue weighted by Gasteiger charge is -2.36. The van der Waals surface area contributed by atoms with E-state index in [0.29, 0.717) is 17.4 Å². The molecule has 1 aliphatic rings. The maximum absolute atomic E-state index is 5.54. The van der Waals surface area contributed by atoms with Crippen LogP contribution in [-0.2, 0) is 0 Å². The first kappa shape index (κ1) is 21.9. The van der Waals surface area contributed by atoms with Gasteiger partial charge in [0, 0.05) is 11.5 Å². The van der Waals surface area contributed by atoms with Gasteiger partial charge in [-0.1, -0.05) is 49.8 Å². The van der Waals surface area contributed by atoms with E-state index in [-0.39, 0.29) is 5.41 Å².